The van der Waals surface area contributed by atoms with Crippen LogP contribution in [0.5, 0.6) is 0 Å². The average Bonchev–Trinajstić information content (AvgIpc) is 3.36. The predicted molar refractivity (Wildman–Crippen MR) is 149 cm³/mol. The van der Waals surface area contributed by atoms with Gasteiger partial charge in [-0.05, 0) is 0 Å². The van der Waals surface area contributed by atoms with Crippen LogP contribution in [0.1, 0.15) is 56.7 Å². The van der Waals surface area contributed by atoms with Gasteiger partial charge in [0.25, 0.3) is 0 Å². The van der Waals surface area contributed by atoms with Crippen molar-refractivity contribution in [3.05, 3.63) is 76.3 Å². The van der Waals surface area contributed by atoms with Gasteiger partial charge in [0.05, 0.1) is 0 Å². The molecular formula is C28H38BrNO3SSn. The van der Waals surface area contributed by atoms with E-state index in [1.54, 1.807) is 16.4 Å². The molecule has 190 valence electrons. The Morgan fingerprint density at radius 1 is 1.09 bits per heavy atom. The quantitative estimate of drug-likeness (QED) is 0.204. The van der Waals surface area contributed by atoms with Crippen molar-refractivity contribution in [2.45, 2.75) is 70.7 Å². The van der Waals surface area contributed by atoms with Gasteiger partial charge in [0.1, 0.15) is 0 Å². The zero-order chi connectivity index (χ0) is 25.3. The fraction of sp³-hybridized carbons (Fsp3) is 0.500. The molecule has 0 saturated carbocycles. The van der Waals surface area contributed by atoms with Crippen LogP contribution >= 0.6 is 15.9 Å². The number of aryl methyl sites for hydroxylation is 1. The monoisotopic (exact) mass is 667 g/mol. The van der Waals surface area contributed by atoms with E-state index in [9.17, 15) is 8.42 Å². The number of hydrogen-bond acceptors (Lipinski definition) is 3. The first-order chi connectivity index (χ1) is 16.7. The van der Waals surface area contributed by atoms with Crippen molar-refractivity contribution in [3.63, 3.8) is 0 Å². The molecule has 4 nitrogen and oxygen atoms in total. The Balaban J connectivity index is 1.82. The second-order valence-electron chi connectivity index (χ2n) is 10.4. The summed E-state index contributed by atoms with van der Waals surface area (Å²) < 4.78 is 41.2. The minimum absolute atomic E-state index is 0.321. The van der Waals surface area contributed by atoms with E-state index >= 15 is 0 Å². The predicted octanol–water partition coefficient (Wildman–Crippen LogP) is 7.62. The molecule has 1 spiro atoms. The van der Waals surface area contributed by atoms with Crippen molar-refractivity contribution in [1.82, 2.24) is 4.31 Å². The van der Waals surface area contributed by atoms with Gasteiger partial charge >= 0.3 is 226 Å². The molecule has 35 heavy (non-hydrogen) atoms. The number of sulfonamides is 1. The van der Waals surface area contributed by atoms with Gasteiger partial charge in [-0.1, -0.05) is 0 Å². The average molecular weight is 667 g/mol. The van der Waals surface area contributed by atoms with Gasteiger partial charge in [0.15, 0.2) is 0 Å². The van der Waals surface area contributed by atoms with E-state index in [1.807, 2.05) is 37.3 Å². The minimum atomic E-state index is -3.72. The molecule has 0 aromatic heterocycles. The van der Waals surface area contributed by atoms with Crippen LogP contribution in [-0.2, 0) is 13.1 Å². The van der Waals surface area contributed by atoms with Crippen molar-refractivity contribution < 1.29 is 11.5 Å². The van der Waals surface area contributed by atoms with Crippen LogP contribution in [0.15, 0.2) is 70.1 Å². The summed E-state index contributed by atoms with van der Waals surface area (Å²) in [5.74, 6) is 0. The van der Waals surface area contributed by atoms with E-state index in [1.165, 1.54) is 34.6 Å². The van der Waals surface area contributed by atoms with Crippen molar-refractivity contribution in [2.75, 3.05) is 13.2 Å². The first-order valence-corrected chi connectivity index (χ1v) is 22.3. The Morgan fingerprint density at radius 3 is 2.31 bits per heavy atom. The fourth-order valence-electron chi connectivity index (χ4n) is 5.93. The molecule has 2 saturated heterocycles. The van der Waals surface area contributed by atoms with E-state index < -0.39 is 28.8 Å². The summed E-state index contributed by atoms with van der Waals surface area (Å²) in [6.45, 7) is 11.9. The SMILES string of the molecule is C=C1CN(S(=O)(=O)c2ccc(C)cc2)[C@@H](c2ccccc2Br)[C@]12C[O][Sn]([CH2]CCC)([CH2]CCC)[CH2]2. The summed E-state index contributed by atoms with van der Waals surface area (Å²) in [6, 6.07) is 15.0. The molecule has 0 bridgehead atoms. The maximum absolute atomic E-state index is 14.1. The van der Waals surface area contributed by atoms with Crippen molar-refractivity contribution >= 4 is 44.7 Å². The van der Waals surface area contributed by atoms with Crippen molar-refractivity contribution in [3.8, 4) is 0 Å². The van der Waals surface area contributed by atoms with E-state index in [0.29, 0.717) is 18.0 Å². The number of hydrogen-bond donors (Lipinski definition) is 0. The van der Waals surface area contributed by atoms with Crippen LogP contribution in [-0.4, -0.2) is 44.7 Å². The summed E-state index contributed by atoms with van der Waals surface area (Å²) >= 11 is 0.817. The molecule has 0 aliphatic carbocycles. The van der Waals surface area contributed by atoms with Crippen LogP contribution in [0.2, 0.25) is 13.3 Å². The van der Waals surface area contributed by atoms with E-state index in [-0.39, 0.29) is 11.5 Å². The summed E-state index contributed by atoms with van der Waals surface area (Å²) in [5.41, 5.74) is 2.71. The second-order valence-corrected chi connectivity index (χ2v) is 24.6. The Kier molecular flexibility index (Phi) is 8.58. The number of halogens is 1. The Hall–Kier alpha value is -0.671. The number of benzene rings is 2. The standard InChI is InChI=1S/C20H20BrNO3S.2C4H9.Sn/c1-14-8-10-16(11-9-14)26(24,25)22-12-15(2)20(3,13-23)19(22)17-6-4-5-7-18(17)21;2*1-3-4-2;/h4-11,19H,2-3,12-13H2,1H3;2*1,3-4H2,2H3;/q-1;;;+1/t19-,20+;;;/m0.../s1. The molecule has 0 amide bonds. The molecule has 2 heterocycles. The second kappa shape index (κ2) is 11.0. The molecule has 4 rings (SSSR count). The molecule has 2 aliphatic heterocycles. The topological polar surface area (TPSA) is 46.6 Å². The molecule has 2 aromatic carbocycles. The molecule has 2 fully saturated rings. The van der Waals surface area contributed by atoms with Crippen LogP contribution in [0, 0.1) is 12.3 Å². The van der Waals surface area contributed by atoms with Crippen LogP contribution in [0.4, 0.5) is 0 Å². The Labute approximate surface area is 224 Å². The number of rotatable bonds is 9. The van der Waals surface area contributed by atoms with Gasteiger partial charge in [-0.15, -0.1) is 0 Å². The fourth-order valence-corrected chi connectivity index (χ4v) is 23.1. The molecule has 0 N–H and O–H groups in total. The molecule has 0 radical (unpaired) electrons. The van der Waals surface area contributed by atoms with Gasteiger partial charge in [-0.3, -0.25) is 0 Å². The van der Waals surface area contributed by atoms with Crippen LogP contribution < -0.4 is 0 Å². The maximum atomic E-state index is 14.1. The first kappa shape index (κ1) is 27.4. The van der Waals surface area contributed by atoms with E-state index in [0.717, 1.165) is 25.6 Å². The Bertz CT molecular complexity index is 1160. The molecular weight excluding hydrogens is 629 g/mol. The third-order valence-electron chi connectivity index (χ3n) is 7.94. The Morgan fingerprint density at radius 2 is 1.71 bits per heavy atom. The van der Waals surface area contributed by atoms with Gasteiger partial charge in [-0.25, -0.2) is 0 Å². The number of nitrogens with zero attached hydrogens (tertiary/aromatic N) is 1. The molecule has 2 aliphatic rings. The summed E-state index contributed by atoms with van der Waals surface area (Å²) in [5, 5.41) is 0. The molecule has 7 heteroatoms. The summed E-state index contributed by atoms with van der Waals surface area (Å²) in [7, 11) is -3.72. The summed E-state index contributed by atoms with van der Waals surface area (Å²) in [4.78, 5) is 0.343. The van der Waals surface area contributed by atoms with Crippen LogP contribution in [0.25, 0.3) is 0 Å². The zero-order valence-electron chi connectivity index (χ0n) is 21.2. The third kappa shape index (κ3) is 5.20. The molecule has 0 unspecified atom stereocenters. The van der Waals surface area contributed by atoms with E-state index in [2.05, 4.69) is 42.4 Å². The van der Waals surface area contributed by atoms with Crippen molar-refractivity contribution in [2.24, 2.45) is 5.41 Å². The summed E-state index contributed by atoms with van der Waals surface area (Å²) in [6.07, 6.45) is 4.74. The van der Waals surface area contributed by atoms with Gasteiger partial charge in [0.2, 0.25) is 0 Å². The normalized spacial score (nSPS) is 24.5. The van der Waals surface area contributed by atoms with E-state index in [4.69, 9.17) is 3.07 Å². The molecule has 2 atom stereocenters. The van der Waals surface area contributed by atoms with Gasteiger partial charge in [0, 0.05) is 0 Å². The molecule has 2 aromatic rings. The zero-order valence-corrected chi connectivity index (χ0v) is 26.5. The van der Waals surface area contributed by atoms with Crippen molar-refractivity contribution in [1.29, 1.82) is 0 Å². The van der Waals surface area contributed by atoms with Crippen LogP contribution in [0.3, 0.4) is 0 Å². The number of unbranched alkanes of at least 4 members (excludes halogenated alkanes) is 2. The van der Waals surface area contributed by atoms with Gasteiger partial charge < -0.3 is 0 Å². The first-order valence-electron chi connectivity index (χ1n) is 12.8. The third-order valence-corrected chi connectivity index (χ3v) is 23.5. The van der Waals surface area contributed by atoms with Gasteiger partial charge in [-0.2, -0.15) is 0 Å².